The van der Waals surface area contributed by atoms with E-state index in [2.05, 4.69) is 174 Å². The second-order valence-corrected chi connectivity index (χ2v) is 15.2. The zero-order chi connectivity index (χ0) is 43.2. The van der Waals surface area contributed by atoms with E-state index >= 15 is 0 Å². The van der Waals surface area contributed by atoms with E-state index in [4.69, 9.17) is 5.73 Å². The van der Waals surface area contributed by atoms with E-state index in [0.29, 0.717) is 0 Å². The monoisotopic (exact) mass is 785 g/mol. The summed E-state index contributed by atoms with van der Waals surface area (Å²) in [5.74, 6) is 0.748. The van der Waals surface area contributed by atoms with Crippen molar-refractivity contribution in [1.29, 1.82) is 0 Å². The highest BCUT2D eigenvalue weighted by molar-refractivity contribution is 5.89. The van der Waals surface area contributed by atoms with Crippen molar-refractivity contribution in [2.75, 3.05) is 0 Å². The molecule has 0 amide bonds. The highest BCUT2D eigenvalue weighted by Gasteiger charge is 2.24. The van der Waals surface area contributed by atoms with Crippen LogP contribution in [-0.4, -0.2) is 4.57 Å². The number of nitrogens with zero attached hydrogens (tertiary/aromatic N) is 1. The molecular weight excluding hydrogens is 713 g/mol. The number of aryl methyl sites for hydroxylation is 3. The van der Waals surface area contributed by atoms with Gasteiger partial charge in [-0.25, -0.2) is 0 Å². The Bertz CT molecular complexity index is 2230. The average Bonchev–Trinajstić information content (AvgIpc) is 3.57. The molecule has 0 aliphatic heterocycles. The second kappa shape index (κ2) is 25.7. The van der Waals surface area contributed by atoms with Gasteiger partial charge in [-0.1, -0.05) is 181 Å². The largest absolute Gasteiger partial charge is 0.404 e. The first-order valence-electron chi connectivity index (χ1n) is 22.0. The van der Waals surface area contributed by atoms with Crippen LogP contribution in [0, 0.1) is 19.8 Å². The van der Waals surface area contributed by atoms with Gasteiger partial charge in [-0.3, -0.25) is 0 Å². The van der Waals surface area contributed by atoms with E-state index < -0.39 is 0 Å². The van der Waals surface area contributed by atoms with Crippen molar-refractivity contribution in [3.8, 4) is 16.8 Å². The van der Waals surface area contributed by atoms with E-state index in [9.17, 15) is 0 Å². The lowest BCUT2D eigenvalue weighted by Crippen LogP contribution is -2.13. The summed E-state index contributed by atoms with van der Waals surface area (Å²) >= 11 is 0. The molecule has 0 fully saturated rings. The molecule has 5 aromatic carbocycles. The van der Waals surface area contributed by atoms with E-state index in [1.165, 1.54) is 86.9 Å². The Morgan fingerprint density at radius 3 is 2.03 bits per heavy atom. The van der Waals surface area contributed by atoms with Gasteiger partial charge in [0.2, 0.25) is 0 Å². The maximum Gasteiger partial charge on any atom is 0.0534 e. The molecule has 310 valence electrons. The summed E-state index contributed by atoms with van der Waals surface area (Å²) < 4.78 is 2.50. The van der Waals surface area contributed by atoms with Crippen LogP contribution in [0.4, 0.5) is 0 Å². The smallest absolute Gasteiger partial charge is 0.0534 e. The number of allylic oxidation sites excluding steroid dienone is 4. The minimum atomic E-state index is 0.748. The lowest BCUT2D eigenvalue weighted by molar-refractivity contribution is 0.495. The highest BCUT2D eigenvalue weighted by Crippen LogP contribution is 2.37. The third kappa shape index (κ3) is 13.7. The number of hydrogen-bond acceptors (Lipinski definition) is 1. The molecule has 59 heavy (non-hydrogen) atoms. The Morgan fingerprint density at radius 2 is 1.44 bits per heavy atom. The van der Waals surface area contributed by atoms with Gasteiger partial charge in [0.1, 0.15) is 0 Å². The van der Waals surface area contributed by atoms with Gasteiger partial charge in [0.05, 0.1) is 5.52 Å². The quantitative estimate of drug-likeness (QED) is 0.121. The normalized spacial score (nSPS) is 13.2. The molecule has 0 bridgehead atoms. The zero-order valence-corrected chi connectivity index (χ0v) is 38.0. The van der Waals surface area contributed by atoms with E-state index in [1.54, 1.807) is 17.8 Å². The van der Waals surface area contributed by atoms with Gasteiger partial charge in [0.25, 0.3) is 0 Å². The number of nitrogens with two attached hydrogens (primary N) is 1. The lowest BCUT2D eigenvalue weighted by atomic mass is 9.87. The Kier molecular flexibility index (Phi) is 20.8. The highest BCUT2D eigenvalue weighted by atomic mass is 15.0. The second-order valence-electron chi connectivity index (χ2n) is 15.2. The van der Waals surface area contributed by atoms with Gasteiger partial charge in [0.15, 0.2) is 0 Å². The van der Waals surface area contributed by atoms with Crippen LogP contribution in [0.2, 0.25) is 0 Å². The summed E-state index contributed by atoms with van der Waals surface area (Å²) in [5, 5.41) is 1.45. The maximum absolute atomic E-state index is 6.00. The summed E-state index contributed by atoms with van der Waals surface area (Å²) in [6, 6.07) is 41.6. The van der Waals surface area contributed by atoms with Gasteiger partial charge in [-0.2, -0.15) is 0 Å². The summed E-state index contributed by atoms with van der Waals surface area (Å²) in [7, 11) is 0. The van der Waals surface area contributed by atoms with Crippen LogP contribution in [0.1, 0.15) is 119 Å². The van der Waals surface area contributed by atoms with Crippen molar-refractivity contribution in [1.82, 2.24) is 4.57 Å². The zero-order valence-electron chi connectivity index (χ0n) is 38.0. The minimum Gasteiger partial charge on any atom is -0.404 e. The summed E-state index contributed by atoms with van der Waals surface area (Å²) in [6.45, 7) is 24.5. The van der Waals surface area contributed by atoms with Gasteiger partial charge in [0, 0.05) is 23.0 Å². The van der Waals surface area contributed by atoms with Crippen LogP contribution >= 0.6 is 0 Å². The van der Waals surface area contributed by atoms with Crippen molar-refractivity contribution in [3.05, 3.63) is 191 Å². The Morgan fingerprint density at radius 1 is 0.797 bits per heavy atom. The van der Waals surface area contributed by atoms with Crippen molar-refractivity contribution in [2.45, 2.75) is 108 Å². The predicted octanol–water partition coefficient (Wildman–Crippen LogP) is 16.4. The van der Waals surface area contributed by atoms with Gasteiger partial charge >= 0.3 is 0 Å². The first-order chi connectivity index (χ1) is 28.7. The maximum atomic E-state index is 6.00. The molecule has 2 N–H and O–H groups in total. The standard InChI is InChI=1S/C32H34N2.C17H18.C3H8.C3H6.C2H6/c1-3-7-25-12-19-32-30(21-25)29-20-23(2)10-18-31(29)34(32)28-16-14-26(15-17-28)27(22-33)13-11-24-8-5-4-6-9-24;1-4-5-15-10-11-17(12-14(15)3)16-8-6-13(2)7-9-16;2*1-3-2;1-2/h4-6,8-9,11-17,19,21-23H,3,7,10,18,20,33H2,1-2H3;4-12H,1-3H3;3H2,1-2H3;3H,1H2,2H3;1-2H3/b13-11-,27-22+;5-4-;;;. The molecule has 2 heteroatoms. The third-order valence-corrected chi connectivity index (χ3v) is 10.1. The van der Waals surface area contributed by atoms with E-state index in [0.717, 1.165) is 29.9 Å². The topological polar surface area (TPSA) is 30.9 Å². The summed E-state index contributed by atoms with van der Waals surface area (Å²) in [5.41, 5.74) is 22.9. The number of benzene rings is 5. The Labute approximate surface area is 358 Å². The molecule has 0 radical (unpaired) electrons. The van der Waals surface area contributed by atoms with Gasteiger partial charge in [-0.15, -0.1) is 6.58 Å². The molecule has 2 nitrogen and oxygen atoms in total. The van der Waals surface area contributed by atoms with Crippen LogP contribution in [0.3, 0.4) is 0 Å². The molecule has 7 rings (SSSR count). The van der Waals surface area contributed by atoms with Crippen molar-refractivity contribution < 1.29 is 0 Å². The third-order valence-electron chi connectivity index (χ3n) is 10.1. The van der Waals surface area contributed by atoms with Crippen molar-refractivity contribution in [3.63, 3.8) is 0 Å². The molecular formula is C57H72N2. The minimum absolute atomic E-state index is 0.748. The van der Waals surface area contributed by atoms with Crippen molar-refractivity contribution in [2.24, 2.45) is 11.7 Å². The molecule has 0 saturated heterocycles. The molecule has 1 aliphatic carbocycles. The first kappa shape index (κ1) is 47.8. The fraction of sp³-hybridized carbons (Fsp3) is 0.298. The van der Waals surface area contributed by atoms with Crippen LogP contribution in [0.15, 0.2) is 146 Å². The number of hydrogen-bond donors (Lipinski definition) is 1. The summed E-state index contributed by atoms with van der Waals surface area (Å²) in [6.07, 6.45) is 19.0. The number of fused-ring (bicyclic) bond motifs is 3. The van der Waals surface area contributed by atoms with Gasteiger partial charge < -0.3 is 10.3 Å². The predicted molar refractivity (Wildman–Crippen MR) is 265 cm³/mol. The molecule has 0 saturated carbocycles. The van der Waals surface area contributed by atoms with Crippen LogP contribution in [0.5, 0.6) is 0 Å². The molecule has 6 aromatic rings. The van der Waals surface area contributed by atoms with E-state index in [-0.39, 0.29) is 0 Å². The summed E-state index contributed by atoms with van der Waals surface area (Å²) in [4.78, 5) is 0. The van der Waals surface area contributed by atoms with Gasteiger partial charge in [-0.05, 0) is 134 Å². The fourth-order valence-electron chi connectivity index (χ4n) is 7.29. The lowest BCUT2D eigenvalue weighted by Gasteiger charge is -2.21. The average molecular weight is 785 g/mol. The molecule has 1 aliphatic rings. The molecule has 0 spiro atoms. The number of rotatable bonds is 8. The van der Waals surface area contributed by atoms with E-state index in [1.807, 2.05) is 45.9 Å². The van der Waals surface area contributed by atoms with Crippen LogP contribution in [-0.2, 0) is 19.3 Å². The Balaban J connectivity index is 0.000000311. The van der Waals surface area contributed by atoms with Crippen LogP contribution < -0.4 is 5.73 Å². The van der Waals surface area contributed by atoms with Crippen LogP contribution in [0.25, 0.3) is 45.4 Å². The molecule has 1 unspecified atom stereocenters. The molecule has 1 heterocycles. The number of aromatic nitrogens is 1. The Hall–Kier alpha value is -5.60. The fourth-order valence-corrected chi connectivity index (χ4v) is 7.29. The first-order valence-corrected chi connectivity index (χ1v) is 22.0. The SMILES string of the molecule is C/C=C\c1ccc(-c2ccc(C)cc2)cc1C.C=CC.CC.CCC.CCCc1ccc2c(c1)c1c(n2-c2ccc(C(/C=C\c3ccccc3)=C/N)cc2)CCC(C)C1. The molecule has 1 aromatic heterocycles. The molecule has 1 atom stereocenters. The van der Waals surface area contributed by atoms with Crippen molar-refractivity contribution >= 4 is 28.6 Å².